The van der Waals surface area contributed by atoms with Crippen LogP contribution in [0.5, 0.6) is 0 Å². The van der Waals surface area contributed by atoms with E-state index in [0.29, 0.717) is 10.6 Å². The second-order valence-corrected chi connectivity index (χ2v) is 6.84. The van der Waals surface area contributed by atoms with Crippen LogP contribution in [0.15, 0.2) is 46.5 Å². The molecule has 0 bridgehead atoms. The maximum atomic E-state index is 13.5. The van der Waals surface area contributed by atoms with E-state index in [2.05, 4.69) is 10.3 Å². The highest BCUT2D eigenvalue weighted by Crippen LogP contribution is 2.36. The summed E-state index contributed by atoms with van der Waals surface area (Å²) in [6, 6.07) is 8.12. The molecule has 0 fully saturated rings. The molecule has 2 heterocycles. The van der Waals surface area contributed by atoms with Gasteiger partial charge in [0.2, 0.25) is 0 Å². The highest BCUT2D eigenvalue weighted by atomic mass is 32.2. The van der Waals surface area contributed by atoms with Gasteiger partial charge < -0.3 is 5.32 Å². The summed E-state index contributed by atoms with van der Waals surface area (Å²) in [5, 5.41) is 3.72. The molecule has 0 aliphatic carbocycles. The zero-order valence-corrected chi connectivity index (χ0v) is 13.6. The van der Waals surface area contributed by atoms with Gasteiger partial charge in [-0.25, -0.2) is 9.37 Å². The summed E-state index contributed by atoms with van der Waals surface area (Å²) in [5.41, 5.74) is 1.42. The molecule has 0 spiro atoms. The van der Waals surface area contributed by atoms with Crippen molar-refractivity contribution >= 4 is 29.4 Å². The van der Waals surface area contributed by atoms with Gasteiger partial charge in [-0.05, 0) is 48.6 Å². The van der Waals surface area contributed by atoms with Crippen molar-refractivity contribution in [1.82, 2.24) is 10.3 Å². The Kier molecular flexibility index (Phi) is 4.69. The Morgan fingerprint density at radius 3 is 3.14 bits per heavy atom. The molecule has 22 heavy (non-hydrogen) atoms. The van der Waals surface area contributed by atoms with E-state index in [1.807, 2.05) is 6.26 Å². The van der Waals surface area contributed by atoms with Gasteiger partial charge in [0.15, 0.2) is 0 Å². The van der Waals surface area contributed by atoms with Gasteiger partial charge >= 0.3 is 0 Å². The van der Waals surface area contributed by atoms with Crippen molar-refractivity contribution in [1.29, 1.82) is 0 Å². The minimum atomic E-state index is -0.272. The monoisotopic (exact) mass is 334 g/mol. The quantitative estimate of drug-likeness (QED) is 0.864. The van der Waals surface area contributed by atoms with Crippen molar-refractivity contribution in [2.45, 2.75) is 22.4 Å². The third-order valence-corrected chi connectivity index (χ3v) is 5.36. The average Bonchev–Trinajstić information content (AvgIpc) is 2.55. The number of nitrogens with one attached hydrogen (secondary N) is 1. The molecule has 1 atom stereocenters. The summed E-state index contributed by atoms with van der Waals surface area (Å²) in [5.74, 6) is 0.475. The number of thioether (sulfide) groups is 2. The maximum Gasteiger partial charge on any atom is 0.254 e. The molecule has 1 unspecified atom stereocenters. The lowest BCUT2D eigenvalue weighted by atomic mass is 10.0. The number of halogens is 1. The summed E-state index contributed by atoms with van der Waals surface area (Å²) >= 11 is 3.14. The van der Waals surface area contributed by atoms with E-state index >= 15 is 0 Å². The lowest BCUT2D eigenvalue weighted by Crippen LogP contribution is -2.31. The molecular formula is C16H15FN2OS2. The molecule has 0 radical (unpaired) electrons. The summed E-state index contributed by atoms with van der Waals surface area (Å²) in [6.45, 7) is 0. The fourth-order valence-corrected chi connectivity index (χ4v) is 4.13. The minimum Gasteiger partial charge on any atom is -0.345 e. The van der Waals surface area contributed by atoms with Crippen LogP contribution in [-0.4, -0.2) is 22.9 Å². The summed E-state index contributed by atoms with van der Waals surface area (Å²) in [6.07, 6.45) is 4.35. The fourth-order valence-electron chi connectivity index (χ4n) is 2.48. The van der Waals surface area contributed by atoms with Gasteiger partial charge in [-0.3, -0.25) is 4.79 Å². The topological polar surface area (TPSA) is 42.0 Å². The number of carbonyl (C=O) groups is 1. The van der Waals surface area contributed by atoms with E-state index in [9.17, 15) is 9.18 Å². The van der Waals surface area contributed by atoms with Crippen LogP contribution >= 0.6 is 23.5 Å². The second kappa shape index (κ2) is 6.71. The van der Waals surface area contributed by atoms with Crippen LogP contribution in [0.4, 0.5) is 4.39 Å². The molecule has 1 aromatic carbocycles. The van der Waals surface area contributed by atoms with E-state index in [4.69, 9.17) is 0 Å². The summed E-state index contributed by atoms with van der Waals surface area (Å²) < 4.78 is 13.5. The number of carbonyl (C=O) groups excluding carboxylic acids is 1. The largest absolute Gasteiger partial charge is 0.345 e. The first kappa shape index (κ1) is 15.4. The number of amides is 1. The number of benzene rings is 1. The molecule has 3 rings (SSSR count). The second-order valence-electron chi connectivity index (χ2n) is 4.91. The average molecular weight is 334 g/mol. The van der Waals surface area contributed by atoms with Crippen LogP contribution in [0.3, 0.4) is 0 Å². The summed E-state index contributed by atoms with van der Waals surface area (Å²) in [4.78, 5) is 17.8. The van der Waals surface area contributed by atoms with Crippen molar-refractivity contribution in [3.63, 3.8) is 0 Å². The minimum absolute atomic E-state index is 0.158. The summed E-state index contributed by atoms with van der Waals surface area (Å²) in [7, 11) is 0. The first-order valence-electron chi connectivity index (χ1n) is 6.91. The highest BCUT2D eigenvalue weighted by molar-refractivity contribution is 7.99. The molecule has 1 aliphatic heterocycles. The van der Waals surface area contributed by atoms with Crippen molar-refractivity contribution in [3.8, 4) is 0 Å². The number of hydrogen-bond acceptors (Lipinski definition) is 4. The Morgan fingerprint density at radius 1 is 1.45 bits per heavy atom. The van der Waals surface area contributed by atoms with E-state index in [1.54, 1.807) is 36.2 Å². The van der Waals surface area contributed by atoms with Crippen molar-refractivity contribution in [2.75, 3.05) is 12.0 Å². The first-order valence-corrected chi connectivity index (χ1v) is 9.12. The molecule has 1 aliphatic rings. The molecule has 0 saturated heterocycles. The van der Waals surface area contributed by atoms with Crippen molar-refractivity contribution < 1.29 is 9.18 Å². The van der Waals surface area contributed by atoms with E-state index in [0.717, 1.165) is 22.6 Å². The van der Waals surface area contributed by atoms with Crippen LogP contribution < -0.4 is 5.32 Å². The Morgan fingerprint density at radius 2 is 2.32 bits per heavy atom. The van der Waals surface area contributed by atoms with Crippen molar-refractivity contribution in [2.24, 2.45) is 0 Å². The van der Waals surface area contributed by atoms with Crippen LogP contribution in [-0.2, 0) is 0 Å². The van der Waals surface area contributed by atoms with Gasteiger partial charge in [0.1, 0.15) is 10.8 Å². The Hall–Kier alpha value is -1.53. The standard InChI is InChI=1S/C16H15FN2OS2/c1-21-16-11(3-2-7-18-16)15(20)19-13-6-8-22-14-5-4-10(17)9-12(13)14/h2-5,7,9,13H,6,8H2,1H3,(H,19,20). The van der Waals surface area contributed by atoms with Gasteiger partial charge in [0.25, 0.3) is 5.91 Å². The number of nitrogens with zero attached hydrogens (tertiary/aromatic N) is 1. The maximum absolute atomic E-state index is 13.5. The van der Waals surface area contributed by atoms with Crippen LogP contribution in [0.25, 0.3) is 0 Å². The molecule has 2 aromatic rings. The van der Waals surface area contributed by atoms with Crippen LogP contribution in [0.2, 0.25) is 0 Å². The third kappa shape index (κ3) is 3.13. The Bertz CT molecular complexity index is 708. The van der Waals surface area contributed by atoms with Gasteiger partial charge in [0, 0.05) is 16.8 Å². The smallest absolute Gasteiger partial charge is 0.254 e. The number of hydrogen-bond donors (Lipinski definition) is 1. The lowest BCUT2D eigenvalue weighted by Gasteiger charge is -2.26. The fraction of sp³-hybridized carbons (Fsp3) is 0.250. The van der Waals surface area contributed by atoms with Gasteiger partial charge in [-0.2, -0.15) is 0 Å². The molecule has 1 N–H and O–H groups in total. The number of fused-ring (bicyclic) bond motifs is 1. The van der Waals surface area contributed by atoms with E-state index < -0.39 is 0 Å². The molecule has 6 heteroatoms. The van der Waals surface area contributed by atoms with Gasteiger partial charge in [-0.15, -0.1) is 23.5 Å². The molecule has 0 saturated carbocycles. The predicted octanol–water partition coefficient (Wildman–Crippen LogP) is 3.91. The van der Waals surface area contributed by atoms with E-state index in [-0.39, 0.29) is 17.8 Å². The van der Waals surface area contributed by atoms with Gasteiger partial charge in [-0.1, -0.05) is 0 Å². The third-order valence-electron chi connectivity index (χ3n) is 3.53. The lowest BCUT2D eigenvalue weighted by molar-refractivity contribution is 0.0931. The van der Waals surface area contributed by atoms with E-state index in [1.165, 1.54) is 23.9 Å². The molecule has 1 amide bonds. The Balaban J connectivity index is 1.85. The zero-order chi connectivity index (χ0) is 15.5. The normalized spacial score (nSPS) is 16.9. The molecule has 3 nitrogen and oxygen atoms in total. The predicted molar refractivity (Wildman–Crippen MR) is 88.0 cm³/mol. The number of rotatable bonds is 3. The number of aromatic nitrogens is 1. The van der Waals surface area contributed by atoms with Gasteiger partial charge in [0.05, 0.1) is 11.6 Å². The first-order chi connectivity index (χ1) is 10.7. The molecule has 1 aromatic heterocycles. The molecule has 114 valence electrons. The van der Waals surface area contributed by atoms with Crippen LogP contribution in [0.1, 0.15) is 28.4 Å². The number of pyridine rings is 1. The Labute approximate surface area is 137 Å². The zero-order valence-electron chi connectivity index (χ0n) is 12.0. The SMILES string of the molecule is CSc1ncccc1C(=O)NC1CCSc2ccc(F)cc21. The van der Waals surface area contributed by atoms with Crippen LogP contribution in [0, 0.1) is 5.82 Å². The van der Waals surface area contributed by atoms with Crippen molar-refractivity contribution in [3.05, 3.63) is 53.5 Å². The highest BCUT2D eigenvalue weighted by Gasteiger charge is 2.24. The molecular weight excluding hydrogens is 319 g/mol.